The second-order valence-electron chi connectivity index (χ2n) is 7.56. The molecular formula is C19H31NS. The van der Waals surface area contributed by atoms with E-state index in [-0.39, 0.29) is 0 Å². The van der Waals surface area contributed by atoms with Gasteiger partial charge in [-0.2, -0.15) is 0 Å². The van der Waals surface area contributed by atoms with E-state index in [2.05, 4.69) is 36.7 Å². The van der Waals surface area contributed by atoms with Crippen LogP contribution in [0, 0.1) is 17.8 Å². The van der Waals surface area contributed by atoms with Crippen molar-refractivity contribution in [2.75, 3.05) is 0 Å². The topological polar surface area (TPSA) is 12.0 Å². The molecule has 3 rings (SSSR count). The lowest BCUT2D eigenvalue weighted by atomic mass is 9.79. The first-order valence-electron chi connectivity index (χ1n) is 9.03. The Balaban J connectivity index is 1.60. The first-order valence-corrected chi connectivity index (χ1v) is 9.91. The maximum Gasteiger partial charge on any atom is 0.0445 e. The van der Waals surface area contributed by atoms with Crippen LogP contribution in [-0.2, 0) is 0 Å². The molecule has 0 saturated heterocycles. The van der Waals surface area contributed by atoms with Gasteiger partial charge in [-0.1, -0.05) is 32.8 Å². The summed E-state index contributed by atoms with van der Waals surface area (Å²) in [7, 11) is 0. The highest BCUT2D eigenvalue weighted by atomic mass is 32.1. The minimum Gasteiger partial charge on any atom is -0.306 e. The van der Waals surface area contributed by atoms with Gasteiger partial charge in [-0.3, -0.25) is 0 Å². The Morgan fingerprint density at radius 1 is 1.00 bits per heavy atom. The molecule has 1 heterocycles. The van der Waals surface area contributed by atoms with Gasteiger partial charge in [-0.15, -0.1) is 11.3 Å². The molecule has 1 N–H and O–H groups in total. The Hall–Kier alpha value is -0.340. The maximum absolute atomic E-state index is 4.07. The molecule has 2 aliphatic carbocycles. The predicted octanol–water partition coefficient (Wildman–Crippen LogP) is 5.78. The van der Waals surface area contributed by atoms with Gasteiger partial charge in [0.1, 0.15) is 0 Å². The zero-order valence-electron chi connectivity index (χ0n) is 13.7. The Morgan fingerprint density at radius 2 is 1.71 bits per heavy atom. The fourth-order valence-corrected chi connectivity index (χ4v) is 5.29. The van der Waals surface area contributed by atoms with Gasteiger partial charge < -0.3 is 5.32 Å². The van der Waals surface area contributed by atoms with Crippen molar-refractivity contribution >= 4 is 11.3 Å². The van der Waals surface area contributed by atoms with Crippen molar-refractivity contribution in [1.82, 2.24) is 5.32 Å². The van der Waals surface area contributed by atoms with Crippen LogP contribution in [0.2, 0.25) is 0 Å². The van der Waals surface area contributed by atoms with Crippen LogP contribution in [0.3, 0.4) is 0 Å². The predicted molar refractivity (Wildman–Crippen MR) is 92.7 cm³/mol. The molecule has 0 radical (unpaired) electrons. The number of thiophene rings is 1. The normalized spacial score (nSPS) is 29.1. The van der Waals surface area contributed by atoms with Crippen molar-refractivity contribution in [2.24, 2.45) is 17.8 Å². The number of nitrogens with one attached hydrogen (secondary N) is 1. The third-order valence-electron chi connectivity index (χ3n) is 5.85. The van der Waals surface area contributed by atoms with E-state index in [1.165, 1.54) is 51.4 Å². The van der Waals surface area contributed by atoms with Crippen LogP contribution in [0.15, 0.2) is 17.5 Å². The van der Waals surface area contributed by atoms with E-state index < -0.39 is 0 Å². The van der Waals surface area contributed by atoms with Crippen molar-refractivity contribution in [3.8, 4) is 0 Å². The van der Waals surface area contributed by atoms with Crippen LogP contribution >= 0.6 is 11.3 Å². The van der Waals surface area contributed by atoms with Gasteiger partial charge in [0.25, 0.3) is 0 Å². The third kappa shape index (κ3) is 3.90. The highest BCUT2D eigenvalue weighted by Crippen LogP contribution is 2.39. The highest BCUT2D eigenvalue weighted by Gasteiger charge is 2.31. The number of hydrogen-bond acceptors (Lipinski definition) is 2. The van der Waals surface area contributed by atoms with Crippen molar-refractivity contribution in [2.45, 2.75) is 77.3 Å². The van der Waals surface area contributed by atoms with Crippen LogP contribution in [0.25, 0.3) is 0 Å². The first kappa shape index (κ1) is 15.6. The molecular weight excluding hydrogens is 274 g/mol. The largest absolute Gasteiger partial charge is 0.306 e. The monoisotopic (exact) mass is 305 g/mol. The lowest BCUT2D eigenvalue weighted by molar-refractivity contribution is 0.214. The maximum atomic E-state index is 4.07. The van der Waals surface area contributed by atoms with Crippen LogP contribution < -0.4 is 5.32 Å². The van der Waals surface area contributed by atoms with E-state index >= 15 is 0 Å². The average molecular weight is 306 g/mol. The lowest BCUT2D eigenvalue weighted by Crippen LogP contribution is -2.38. The molecule has 0 aliphatic heterocycles. The van der Waals surface area contributed by atoms with E-state index in [9.17, 15) is 0 Å². The average Bonchev–Trinajstić information content (AvgIpc) is 3.19. The Labute approximate surface area is 134 Å². The molecule has 0 amide bonds. The summed E-state index contributed by atoms with van der Waals surface area (Å²) in [5, 5.41) is 6.31. The zero-order chi connectivity index (χ0) is 14.7. The fraction of sp³-hybridized carbons (Fsp3) is 0.789. The first-order chi connectivity index (χ1) is 10.2. The molecule has 1 unspecified atom stereocenters. The second-order valence-corrected chi connectivity index (χ2v) is 8.54. The summed E-state index contributed by atoms with van der Waals surface area (Å²) in [5.41, 5.74) is 0. The second kappa shape index (κ2) is 7.28. The Bertz CT molecular complexity index is 397. The van der Waals surface area contributed by atoms with Gasteiger partial charge in [-0.05, 0) is 67.7 Å². The molecule has 1 aromatic heterocycles. The molecule has 1 aromatic rings. The summed E-state index contributed by atoms with van der Waals surface area (Å²) in [4.78, 5) is 1.58. The smallest absolute Gasteiger partial charge is 0.0445 e. The van der Waals surface area contributed by atoms with E-state index in [4.69, 9.17) is 0 Å². The van der Waals surface area contributed by atoms with Gasteiger partial charge in [0.15, 0.2) is 0 Å². The van der Waals surface area contributed by atoms with Crippen molar-refractivity contribution in [1.29, 1.82) is 0 Å². The summed E-state index contributed by atoms with van der Waals surface area (Å²) >= 11 is 1.95. The van der Waals surface area contributed by atoms with Crippen LogP contribution in [-0.4, -0.2) is 6.04 Å². The lowest BCUT2D eigenvalue weighted by Gasteiger charge is -2.35. The van der Waals surface area contributed by atoms with Gasteiger partial charge in [-0.25, -0.2) is 0 Å². The molecule has 0 bridgehead atoms. The van der Waals surface area contributed by atoms with Gasteiger partial charge in [0.2, 0.25) is 0 Å². The zero-order valence-corrected chi connectivity index (χ0v) is 14.5. The fourth-order valence-electron chi connectivity index (χ4n) is 4.42. The summed E-state index contributed by atoms with van der Waals surface area (Å²) < 4.78 is 0. The molecule has 2 heteroatoms. The molecule has 118 valence electrons. The van der Waals surface area contributed by atoms with Crippen LogP contribution in [0.5, 0.6) is 0 Å². The molecule has 2 saturated carbocycles. The van der Waals surface area contributed by atoms with E-state index in [1.807, 2.05) is 11.3 Å². The van der Waals surface area contributed by atoms with Gasteiger partial charge in [0.05, 0.1) is 0 Å². The van der Waals surface area contributed by atoms with Crippen molar-refractivity contribution in [3.05, 3.63) is 22.4 Å². The minimum absolute atomic E-state index is 0.633. The van der Waals surface area contributed by atoms with E-state index in [0.29, 0.717) is 6.04 Å². The number of rotatable bonds is 5. The van der Waals surface area contributed by atoms with Gasteiger partial charge >= 0.3 is 0 Å². The molecule has 1 nitrogen and oxygen atoms in total. The number of hydrogen-bond donors (Lipinski definition) is 1. The highest BCUT2D eigenvalue weighted by molar-refractivity contribution is 7.10. The van der Waals surface area contributed by atoms with E-state index in [1.54, 1.807) is 4.88 Å². The standard InChI is InChI=1S/C19H31NS/c1-14(2)15-9-11-17(12-10-15)20-19(16-6-3-4-7-16)18-8-5-13-21-18/h5,8,13-17,19-20H,3-4,6-7,9-12H2,1-2H3. The minimum atomic E-state index is 0.633. The molecule has 0 spiro atoms. The van der Waals surface area contributed by atoms with E-state index in [0.717, 1.165) is 23.8 Å². The Kier molecular flexibility index (Phi) is 5.39. The Morgan fingerprint density at radius 3 is 2.29 bits per heavy atom. The van der Waals surface area contributed by atoms with Crippen molar-refractivity contribution < 1.29 is 0 Å². The van der Waals surface area contributed by atoms with Gasteiger partial charge in [0, 0.05) is 17.0 Å². The molecule has 2 aliphatic rings. The van der Waals surface area contributed by atoms with Crippen LogP contribution in [0.1, 0.15) is 76.1 Å². The summed E-state index contributed by atoms with van der Waals surface area (Å²) in [5.74, 6) is 2.72. The third-order valence-corrected chi connectivity index (χ3v) is 6.81. The van der Waals surface area contributed by atoms with Crippen molar-refractivity contribution in [3.63, 3.8) is 0 Å². The summed E-state index contributed by atoms with van der Waals surface area (Å²) in [6.07, 6.45) is 11.4. The summed E-state index contributed by atoms with van der Waals surface area (Å²) in [6, 6.07) is 5.96. The molecule has 2 fully saturated rings. The SMILES string of the molecule is CC(C)C1CCC(NC(c2cccs2)C2CCCC2)CC1. The molecule has 21 heavy (non-hydrogen) atoms. The molecule has 0 aromatic carbocycles. The van der Waals surface area contributed by atoms with Crippen LogP contribution in [0.4, 0.5) is 0 Å². The molecule has 1 atom stereocenters. The summed E-state index contributed by atoms with van der Waals surface area (Å²) in [6.45, 7) is 4.79. The quantitative estimate of drug-likeness (QED) is 0.726.